The second kappa shape index (κ2) is 7.45. The zero-order valence-corrected chi connectivity index (χ0v) is 14.8. The molecule has 0 amide bonds. The number of nitriles is 1. The van der Waals surface area contributed by atoms with E-state index in [1.165, 1.54) is 28.6 Å². The molecule has 0 fully saturated rings. The summed E-state index contributed by atoms with van der Waals surface area (Å²) in [4.78, 5) is 3.32. The monoisotopic (exact) mass is 363 g/mol. The first-order valence-electron chi connectivity index (χ1n) is 8.05. The normalized spacial score (nSPS) is 11.3. The molecule has 3 rings (SSSR count). The van der Waals surface area contributed by atoms with Crippen molar-refractivity contribution in [2.75, 3.05) is 13.1 Å². The van der Waals surface area contributed by atoms with E-state index in [-0.39, 0.29) is 18.0 Å². The fraction of sp³-hybridized carbons (Fsp3) is 0.150. The summed E-state index contributed by atoms with van der Waals surface area (Å²) < 4.78 is 27.1. The van der Waals surface area contributed by atoms with Gasteiger partial charge in [-0.25, -0.2) is 8.42 Å². The molecule has 0 atom stereocenters. The number of nitrogens with one attached hydrogen (secondary N) is 1. The van der Waals surface area contributed by atoms with Crippen LogP contribution in [0.1, 0.15) is 11.1 Å². The zero-order chi connectivity index (χ0) is 18.6. The molecular formula is C20H17N3O2S. The van der Waals surface area contributed by atoms with Crippen molar-refractivity contribution in [1.82, 2.24) is 9.29 Å². The summed E-state index contributed by atoms with van der Waals surface area (Å²) in [5.74, 6) is 2.42. The fourth-order valence-electron chi connectivity index (χ4n) is 2.82. The Labute approximate surface area is 152 Å². The van der Waals surface area contributed by atoms with E-state index in [0.29, 0.717) is 12.0 Å². The molecule has 0 aliphatic heterocycles. The molecule has 6 heteroatoms. The van der Waals surface area contributed by atoms with E-state index in [1.54, 1.807) is 0 Å². The van der Waals surface area contributed by atoms with Crippen LogP contribution in [-0.2, 0) is 16.4 Å². The van der Waals surface area contributed by atoms with Crippen molar-refractivity contribution in [3.63, 3.8) is 0 Å². The Kier molecular flexibility index (Phi) is 5.09. The molecule has 0 saturated heterocycles. The summed E-state index contributed by atoms with van der Waals surface area (Å²) in [6.45, 7) is 0.263. The third-order valence-corrected chi connectivity index (χ3v) is 6.05. The van der Waals surface area contributed by atoms with Crippen molar-refractivity contribution in [2.24, 2.45) is 0 Å². The number of benzene rings is 2. The second-order valence-corrected chi connectivity index (χ2v) is 7.73. The van der Waals surface area contributed by atoms with Crippen LogP contribution in [0.25, 0.3) is 10.9 Å². The minimum Gasteiger partial charge on any atom is -0.361 e. The minimum absolute atomic E-state index is 0.00924. The maximum Gasteiger partial charge on any atom is 0.243 e. The molecule has 1 aromatic heterocycles. The predicted octanol–water partition coefficient (Wildman–Crippen LogP) is 2.91. The van der Waals surface area contributed by atoms with Crippen LogP contribution in [0.4, 0.5) is 0 Å². The van der Waals surface area contributed by atoms with Crippen LogP contribution < -0.4 is 0 Å². The Bertz CT molecular complexity index is 1100. The van der Waals surface area contributed by atoms with Crippen LogP contribution in [0.2, 0.25) is 0 Å². The van der Waals surface area contributed by atoms with E-state index in [0.717, 1.165) is 16.5 Å². The van der Waals surface area contributed by atoms with Gasteiger partial charge in [0, 0.05) is 23.6 Å². The van der Waals surface area contributed by atoms with E-state index < -0.39 is 10.0 Å². The van der Waals surface area contributed by atoms with Gasteiger partial charge in [-0.1, -0.05) is 24.1 Å². The quantitative estimate of drug-likeness (QED) is 0.684. The Balaban J connectivity index is 1.84. The van der Waals surface area contributed by atoms with Gasteiger partial charge in [0.05, 0.1) is 23.1 Å². The molecule has 130 valence electrons. The van der Waals surface area contributed by atoms with Crippen molar-refractivity contribution in [3.05, 3.63) is 65.9 Å². The minimum atomic E-state index is -3.72. The second-order valence-electron chi connectivity index (χ2n) is 5.79. The third-order valence-electron chi connectivity index (χ3n) is 4.19. The van der Waals surface area contributed by atoms with Crippen molar-refractivity contribution in [1.29, 1.82) is 5.26 Å². The molecule has 1 N–H and O–H groups in total. The Morgan fingerprint density at radius 3 is 2.54 bits per heavy atom. The molecule has 2 aromatic carbocycles. The summed E-state index contributed by atoms with van der Waals surface area (Å²) >= 11 is 0. The number of para-hydroxylation sites is 1. The Morgan fingerprint density at radius 1 is 1.12 bits per heavy atom. The van der Waals surface area contributed by atoms with Crippen LogP contribution >= 0.6 is 0 Å². The fourth-order valence-corrected chi connectivity index (χ4v) is 4.17. The van der Waals surface area contributed by atoms with Gasteiger partial charge in [-0.3, -0.25) is 0 Å². The smallest absolute Gasteiger partial charge is 0.243 e. The zero-order valence-electron chi connectivity index (χ0n) is 14.0. The van der Waals surface area contributed by atoms with Gasteiger partial charge in [-0.05, 0) is 42.3 Å². The van der Waals surface area contributed by atoms with Crippen LogP contribution in [0.15, 0.2) is 59.6 Å². The number of H-pyrrole nitrogens is 1. The average molecular weight is 363 g/mol. The lowest BCUT2D eigenvalue weighted by atomic mass is 10.1. The van der Waals surface area contributed by atoms with Crippen LogP contribution in [-0.4, -0.2) is 30.8 Å². The Morgan fingerprint density at radius 2 is 1.85 bits per heavy atom. The molecule has 0 bridgehead atoms. The van der Waals surface area contributed by atoms with Gasteiger partial charge >= 0.3 is 0 Å². The highest BCUT2D eigenvalue weighted by Gasteiger charge is 2.23. The van der Waals surface area contributed by atoms with Crippen molar-refractivity contribution in [3.8, 4) is 18.4 Å². The predicted molar refractivity (Wildman–Crippen MR) is 101 cm³/mol. The average Bonchev–Trinajstić information content (AvgIpc) is 3.08. The van der Waals surface area contributed by atoms with Crippen molar-refractivity contribution < 1.29 is 8.42 Å². The molecule has 0 spiro atoms. The highest BCUT2D eigenvalue weighted by Crippen LogP contribution is 2.21. The van der Waals surface area contributed by atoms with Gasteiger partial charge < -0.3 is 4.98 Å². The van der Waals surface area contributed by atoms with E-state index in [4.69, 9.17) is 11.7 Å². The summed E-state index contributed by atoms with van der Waals surface area (Å²) in [5.41, 5.74) is 2.46. The number of nitrogens with zero attached hydrogens (tertiary/aromatic N) is 2. The number of hydrogen-bond acceptors (Lipinski definition) is 3. The van der Waals surface area contributed by atoms with Gasteiger partial charge in [0.15, 0.2) is 0 Å². The Hall–Kier alpha value is -3.06. The molecule has 5 nitrogen and oxygen atoms in total. The first-order chi connectivity index (χ1) is 12.6. The number of fused-ring (bicyclic) bond motifs is 1. The molecule has 0 radical (unpaired) electrons. The summed E-state index contributed by atoms with van der Waals surface area (Å²) in [6, 6.07) is 15.7. The highest BCUT2D eigenvalue weighted by atomic mass is 32.2. The van der Waals surface area contributed by atoms with Crippen LogP contribution in [0, 0.1) is 23.7 Å². The maximum absolute atomic E-state index is 12.9. The standard InChI is InChI=1S/C20H17N3O2S/c1-2-12-23(26(24,25)18-9-7-16(14-21)8-10-18)13-11-17-15-22-20-6-4-3-5-19(17)20/h1,3-10,15,22H,11-13H2. The van der Waals surface area contributed by atoms with Gasteiger partial charge in [0.25, 0.3) is 0 Å². The number of aromatic nitrogens is 1. The summed E-state index contributed by atoms with van der Waals surface area (Å²) in [5, 5.41) is 9.93. The lowest BCUT2D eigenvalue weighted by Crippen LogP contribution is -2.33. The number of terminal acetylenes is 1. The molecular weight excluding hydrogens is 346 g/mol. The van der Waals surface area contributed by atoms with E-state index in [2.05, 4.69) is 10.9 Å². The largest absolute Gasteiger partial charge is 0.361 e. The molecule has 0 aliphatic carbocycles. The van der Waals surface area contributed by atoms with E-state index in [9.17, 15) is 8.42 Å². The van der Waals surface area contributed by atoms with Crippen LogP contribution in [0.3, 0.4) is 0 Å². The van der Waals surface area contributed by atoms with Crippen molar-refractivity contribution in [2.45, 2.75) is 11.3 Å². The summed E-state index contributed by atoms with van der Waals surface area (Å²) in [6.07, 6.45) is 7.82. The number of rotatable bonds is 6. The lowest BCUT2D eigenvalue weighted by molar-refractivity contribution is 0.450. The van der Waals surface area contributed by atoms with Crippen molar-refractivity contribution >= 4 is 20.9 Å². The molecule has 0 unspecified atom stereocenters. The van der Waals surface area contributed by atoms with E-state index >= 15 is 0 Å². The van der Waals surface area contributed by atoms with Gasteiger partial charge in [-0.15, -0.1) is 6.42 Å². The number of sulfonamides is 1. The first kappa shape index (κ1) is 17.8. The van der Waals surface area contributed by atoms with Gasteiger partial charge in [0.1, 0.15) is 0 Å². The topological polar surface area (TPSA) is 77.0 Å². The number of hydrogen-bond donors (Lipinski definition) is 1. The molecule has 3 aromatic rings. The molecule has 26 heavy (non-hydrogen) atoms. The van der Waals surface area contributed by atoms with Gasteiger partial charge in [0.2, 0.25) is 10.0 Å². The van der Waals surface area contributed by atoms with Gasteiger partial charge in [-0.2, -0.15) is 9.57 Å². The molecule has 1 heterocycles. The maximum atomic E-state index is 12.9. The first-order valence-corrected chi connectivity index (χ1v) is 9.49. The van der Waals surface area contributed by atoms with Crippen LogP contribution in [0.5, 0.6) is 0 Å². The lowest BCUT2D eigenvalue weighted by Gasteiger charge is -2.20. The highest BCUT2D eigenvalue weighted by molar-refractivity contribution is 7.89. The van der Waals surface area contributed by atoms with E-state index in [1.807, 2.05) is 36.5 Å². The third kappa shape index (κ3) is 3.48. The number of aromatic amines is 1. The molecule has 0 aliphatic rings. The SMILES string of the molecule is C#CCN(CCc1c[nH]c2ccccc12)S(=O)(=O)c1ccc(C#N)cc1. The molecule has 0 saturated carbocycles. The summed E-state index contributed by atoms with van der Waals surface area (Å²) in [7, 11) is -3.72.